The third-order valence-electron chi connectivity index (χ3n) is 4.01. The van der Waals surface area contributed by atoms with Crippen molar-refractivity contribution in [3.05, 3.63) is 52.9 Å². The summed E-state index contributed by atoms with van der Waals surface area (Å²) in [6, 6.07) is 10.8. The van der Waals surface area contributed by atoms with E-state index in [9.17, 15) is 18.0 Å². The second kappa shape index (κ2) is 6.34. The zero-order valence-corrected chi connectivity index (χ0v) is 15.3. The topological polar surface area (TPSA) is 102 Å². The van der Waals surface area contributed by atoms with Gasteiger partial charge in [-0.2, -0.15) is 0 Å². The maximum absolute atomic E-state index is 12.6. The highest BCUT2D eigenvalue weighted by Gasteiger charge is 2.17. The highest BCUT2D eigenvalue weighted by atomic mass is 32.2. The summed E-state index contributed by atoms with van der Waals surface area (Å²) in [6.45, 7) is 1.39. The molecule has 0 atom stereocenters. The van der Waals surface area contributed by atoms with Gasteiger partial charge < -0.3 is 5.32 Å². The average Bonchev–Trinajstić information content (AvgIpc) is 2.80. The van der Waals surface area contributed by atoms with Crippen LogP contribution in [0.15, 0.2) is 52.2 Å². The number of imidazole rings is 1. The smallest absolute Gasteiger partial charge is 0.326 e. The Morgan fingerprint density at radius 1 is 0.923 bits per heavy atom. The van der Waals surface area contributed by atoms with E-state index < -0.39 is 10.0 Å². The Morgan fingerprint density at radius 2 is 1.50 bits per heavy atom. The van der Waals surface area contributed by atoms with E-state index in [-0.39, 0.29) is 16.5 Å². The number of anilines is 2. The third-order valence-corrected chi connectivity index (χ3v) is 5.39. The van der Waals surface area contributed by atoms with Crippen LogP contribution >= 0.6 is 0 Å². The monoisotopic (exact) mass is 374 g/mol. The van der Waals surface area contributed by atoms with Gasteiger partial charge in [-0.05, 0) is 42.5 Å². The van der Waals surface area contributed by atoms with Crippen molar-refractivity contribution < 1.29 is 13.2 Å². The molecule has 0 bridgehead atoms. The van der Waals surface area contributed by atoms with Crippen molar-refractivity contribution >= 4 is 38.3 Å². The van der Waals surface area contributed by atoms with Crippen LogP contribution in [0, 0.1) is 0 Å². The standard InChI is InChI=1S/C17H18N4O4S/c1-11(22)18-12-4-6-13(7-5-12)19-26(24,25)14-8-9-15-16(10-14)21(3)17(23)20(15)2/h4-10,19H,1-3H3,(H,18,22). The number of amides is 1. The molecule has 0 aliphatic carbocycles. The van der Waals surface area contributed by atoms with Crippen LogP contribution in [0.5, 0.6) is 0 Å². The van der Waals surface area contributed by atoms with E-state index in [4.69, 9.17) is 0 Å². The summed E-state index contributed by atoms with van der Waals surface area (Å²) in [5, 5.41) is 2.61. The van der Waals surface area contributed by atoms with Crippen LogP contribution in [-0.4, -0.2) is 23.5 Å². The van der Waals surface area contributed by atoms with Gasteiger partial charge in [0, 0.05) is 32.4 Å². The molecule has 8 nitrogen and oxygen atoms in total. The molecule has 136 valence electrons. The molecule has 0 fully saturated rings. The predicted octanol–water partition coefficient (Wildman–Crippen LogP) is 1.64. The molecule has 0 aliphatic rings. The maximum atomic E-state index is 12.6. The van der Waals surface area contributed by atoms with Crippen LogP contribution in [0.2, 0.25) is 0 Å². The first-order valence-corrected chi connectivity index (χ1v) is 9.23. The molecule has 2 aromatic carbocycles. The number of carbonyl (C=O) groups excluding carboxylic acids is 1. The number of hydrogen-bond donors (Lipinski definition) is 2. The van der Waals surface area contributed by atoms with Crippen molar-refractivity contribution in [2.75, 3.05) is 10.0 Å². The first-order valence-electron chi connectivity index (χ1n) is 7.75. The van der Waals surface area contributed by atoms with Gasteiger partial charge in [0.1, 0.15) is 0 Å². The molecule has 3 aromatic rings. The van der Waals surface area contributed by atoms with E-state index in [0.717, 1.165) is 0 Å². The molecular weight excluding hydrogens is 356 g/mol. The Kier molecular flexibility index (Phi) is 4.33. The molecular formula is C17H18N4O4S. The number of aromatic nitrogens is 2. The summed E-state index contributed by atoms with van der Waals surface area (Å²) in [7, 11) is -0.598. The van der Waals surface area contributed by atoms with Crippen LogP contribution in [0.4, 0.5) is 11.4 Å². The lowest BCUT2D eigenvalue weighted by molar-refractivity contribution is -0.114. The summed E-state index contributed by atoms with van der Waals surface area (Å²) in [4.78, 5) is 23.1. The summed E-state index contributed by atoms with van der Waals surface area (Å²) in [5.74, 6) is -0.208. The van der Waals surface area contributed by atoms with Crippen LogP contribution in [0.1, 0.15) is 6.92 Å². The lowest BCUT2D eigenvalue weighted by Gasteiger charge is -2.09. The number of nitrogens with zero attached hydrogens (tertiary/aromatic N) is 2. The van der Waals surface area contributed by atoms with E-state index in [2.05, 4.69) is 10.0 Å². The molecule has 1 aromatic heterocycles. The first-order chi connectivity index (χ1) is 12.2. The van der Waals surface area contributed by atoms with E-state index in [0.29, 0.717) is 22.4 Å². The van der Waals surface area contributed by atoms with Gasteiger partial charge in [0.2, 0.25) is 5.91 Å². The summed E-state index contributed by atoms with van der Waals surface area (Å²) < 4.78 is 30.6. The fourth-order valence-electron chi connectivity index (χ4n) is 2.69. The number of sulfonamides is 1. The van der Waals surface area contributed by atoms with Crippen molar-refractivity contribution in [3.63, 3.8) is 0 Å². The lowest BCUT2D eigenvalue weighted by Crippen LogP contribution is -2.19. The van der Waals surface area contributed by atoms with Gasteiger partial charge in [0.05, 0.1) is 15.9 Å². The fraction of sp³-hybridized carbons (Fsp3) is 0.176. The highest BCUT2D eigenvalue weighted by Crippen LogP contribution is 2.21. The van der Waals surface area contributed by atoms with E-state index in [1.165, 1.54) is 28.2 Å². The van der Waals surface area contributed by atoms with Crippen molar-refractivity contribution in [2.24, 2.45) is 14.1 Å². The van der Waals surface area contributed by atoms with Crippen LogP contribution in [-0.2, 0) is 28.9 Å². The van der Waals surface area contributed by atoms with Crippen LogP contribution in [0.3, 0.4) is 0 Å². The molecule has 26 heavy (non-hydrogen) atoms. The van der Waals surface area contributed by atoms with Crippen LogP contribution < -0.4 is 15.7 Å². The zero-order valence-electron chi connectivity index (χ0n) is 14.5. The molecule has 9 heteroatoms. The van der Waals surface area contributed by atoms with Gasteiger partial charge in [0.15, 0.2) is 0 Å². The predicted molar refractivity (Wildman–Crippen MR) is 99.7 cm³/mol. The van der Waals surface area contributed by atoms with Gasteiger partial charge in [-0.25, -0.2) is 13.2 Å². The van der Waals surface area contributed by atoms with Gasteiger partial charge in [-0.3, -0.25) is 18.7 Å². The summed E-state index contributed by atoms with van der Waals surface area (Å²) in [5.41, 5.74) is 1.89. The van der Waals surface area contributed by atoms with Gasteiger partial charge >= 0.3 is 5.69 Å². The van der Waals surface area contributed by atoms with Gasteiger partial charge in [-0.15, -0.1) is 0 Å². The van der Waals surface area contributed by atoms with Crippen LogP contribution in [0.25, 0.3) is 11.0 Å². The third kappa shape index (κ3) is 3.21. The van der Waals surface area contributed by atoms with Crippen molar-refractivity contribution in [3.8, 4) is 0 Å². The molecule has 3 rings (SSSR count). The number of aryl methyl sites for hydroxylation is 2. The number of hydrogen-bond acceptors (Lipinski definition) is 4. The molecule has 2 N–H and O–H groups in total. The summed E-state index contributed by atoms with van der Waals surface area (Å²) in [6.07, 6.45) is 0. The Labute approximate surface area is 150 Å². The highest BCUT2D eigenvalue weighted by molar-refractivity contribution is 7.92. The second-order valence-corrected chi connectivity index (χ2v) is 7.60. The Balaban J connectivity index is 1.93. The second-order valence-electron chi connectivity index (χ2n) is 5.92. The molecule has 1 amide bonds. The van der Waals surface area contributed by atoms with Crippen molar-refractivity contribution in [1.82, 2.24) is 9.13 Å². The normalized spacial score (nSPS) is 11.5. The minimum atomic E-state index is -3.82. The van der Waals surface area contributed by atoms with E-state index in [1.54, 1.807) is 44.4 Å². The van der Waals surface area contributed by atoms with E-state index in [1.807, 2.05) is 0 Å². The Bertz CT molecular complexity index is 1160. The molecule has 0 aliphatic heterocycles. The molecule has 0 saturated carbocycles. The quantitative estimate of drug-likeness (QED) is 0.725. The lowest BCUT2D eigenvalue weighted by atomic mass is 10.3. The largest absolute Gasteiger partial charge is 0.328 e. The summed E-state index contributed by atoms with van der Waals surface area (Å²) >= 11 is 0. The van der Waals surface area contributed by atoms with Crippen molar-refractivity contribution in [1.29, 1.82) is 0 Å². The van der Waals surface area contributed by atoms with Gasteiger partial charge in [0.25, 0.3) is 10.0 Å². The minimum absolute atomic E-state index is 0.0529. The molecule has 0 unspecified atom stereocenters. The SMILES string of the molecule is CC(=O)Nc1ccc(NS(=O)(=O)c2ccc3c(c2)n(C)c(=O)n3C)cc1. The van der Waals surface area contributed by atoms with Gasteiger partial charge in [-0.1, -0.05) is 0 Å². The maximum Gasteiger partial charge on any atom is 0.328 e. The molecule has 0 saturated heterocycles. The zero-order chi connectivity index (χ0) is 19.1. The van der Waals surface area contributed by atoms with E-state index >= 15 is 0 Å². The fourth-order valence-corrected chi connectivity index (χ4v) is 3.77. The van der Waals surface area contributed by atoms with Crippen molar-refractivity contribution in [2.45, 2.75) is 11.8 Å². The molecule has 0 spiro atoms. The number of nitrogens with one attached hydrogen (secondary N) is 2. The number of rotatable bonds is 4. The number of fused-ring (bicyclic) bond motifs is 1. The first kappa shape index (κ1) is 17.7. The number of benzene rings is 2. The minimum Gasteiger partial charge on any atom is -0.326 e. The average molecular weight is 374 g/mol. The molecule has 1 heterocycles. The molecule has 0 radical (unpaired) electrons. The number of carbonyl (C=O) groups is 1. The Morgan fingerprint density at radius 3 is 2.12 bits per heavy atom. The Hall–Kier alpha value is -3.07.